The number of carbonyl (C=O) groups excluding carboxylic acids is 2. The van der Waals surface area contributed by atoms with Gasteiger partial charge in [0.2, 0.25) is 11.8 Å². The van der Waals surface area contributed by atoms with Crippen LogP contribution in [-0.2, 0) is 9.59 Å². The Hall–Kier alpha value is -2.50. The van der Waals surface area contributed by atoms with Crippen molar-refractivity contribution in [3.8, 4) is 5.88 Å². The molecular formula is C28H35FN3NaO6. The summed E-state index contributed by atoms with van der Waals surface area (Å²) in [6.07, 6.45) is -1.37. The molecule has 1 aromatic heterocycles. The van der Waals surface area contributed by atoms with Crippen LogP contribution >= 0.6 is 0 Å². The summed E-state index contributed by atoms with van der Waals surface area (Å²) in [7, 11) is 0. The fraction of sp³-hybridized carbons (Fsp3) is 0.464. The number of hydrogen-bond donors (Lipinski definition) is 4. The summed E-state index contributed by atoms with van der Waals surface area (Å²) in [5.41, 5.74) is 3.85. The molecule has 0 spiro atoms. The fourth-order valence-corrected chi connectivity index (χ4v) is 4.58. The molecule has 0 saturated carbocycles. The Morgan fingerprint density at radius 3 is 2.46 bits per heavy atom. The van der Waals surface area contributed by atoms with Gasteiger partial charge in [-0.3, -0.25) is 4.79 Å². The molecule has 11 heteroatoms. The van der Waals surface area contributed by atoms with Crippen LogP contribution in [0.4, 0.5) is 4.39 Å². The number of carboxylic acids is 1. The summed E-state index contributed by atoms with van der Waals surface area (Å²) in [5.74, 6) is -2.10. The largest absolute Gasteiger partial charge is 1.00 e. The van der Waals surface area contributed by atoms with E-state index in [2.05, 4.69) is 49.3 Å². The number of halogens is 1. The van der Waals surface area contributed by atoms with E-state index >= 15 is 0 Å². The van der Waals surface area contributed by atoms with Gasteiger partial charge in [-0.05, 0) is 53.5 Å². The fourth-order valence-electron chi connectivity index (χ4n) is 4.58. The van der Waals surface area contributed by atoms with Crippen LogP contribution in [0.15, 0.2) is 53.8 Å². The van der Waals surface area contributed by atoms with Crippen LogP contribution < -0.4 is 44.7 Å². The van der Waals surface area contributed by atoms with E-state index in [9.17, 15) is 29.3 Å². The molecule has 4 atom stereocenters. The molecule has 2 unspecified atom stereocenters. The second-order valence-corrected chi connectivity index (χ2v) is 10.3. The zero-order valence-electron chi connectivity index (χ0n) is 23.0. The van der Waals surface area contributed by atoms with Crippen molar-refractivity contribution in [2.45, 2.75) is 65.3 Å². The SMILES string of the molecule is CC1=CC(CNC(=O)C[C@@H](O)C[C@@H](O)C(Oc2ccn[nH]2)C(=O)[O-])=C(c2ccc(F)cc2)CC1(C)C(C)C.[Na+]. The van der Waals surface area contributed by atoms with Gasteiger partial charge in [0, 0.05) is 19.0 Å². The number of benzene rings is 1. The molecule has 206 valence electrons. The zero-order chi connectivity index (χ0) is 28.0. The third-order valence-electron chi connectivity index (χ3n) is 7.41. The van der Waals surface area contributed by atoms with Crippen LogP contribution in [0.2, 0.25) is 0 Å². The van der Waals surface area contributed by atoms with Gasteiger partial charge in [-0.15, -0.1) is 0 Å². The molecule has 1 aromatic carbocycles. The molecule has 39 heavy (non-hydrogen) atoms. The van der Waals surface area contributed by atoms with Crippen LogP contribution in [0.1, 0.15) is 52.5 Å². The quantitative estimate of drug-likeness (QED) is 0.251. The van der Waals surface area contributed by atoms with Gasteiger partial charge in [0.25, 0.3) is 0 Å². The Morgan fingerprint density at radius 1 is 1.23 bits per heavy atom. The number of allylic oxidation sites excluding steroid dienone is 2. The van der Waals surface area contributed by atoms with Gasteiger partial charge >= 0.3 is 29.6 Å². The number of aliphatic hydroxyl groups excluding tert-OH is 2. The number of aliphatic carboxylic acids is 1. The molecule has 2 aromatic rings. The van der Waals surface area contributed by atoms with Gasteiger partial charge in [-0.2, -0.15) is 5.10 Å². The van der Waals surface area contributed by atoms with Crippen molar-refractivity contribution in [1.29, 1.82) is 0 Å². The average molecular weight is 552 g/mol. The van der Waals surface area contributed by atoms with Crippen LogP contribution in [0.5, 0.6) is 5.88 Å². The molecule has 1 aliphatic carbocycles. The van der Waals surface area contributed by atoms with Gasteiger partial charge in [0.1, 0.15) is 5.82 Å². The maximum absolute atomic E-state index is 13.6. The second kappa shape index (κ2) is 14.2. The molecular weight excluding hydrogens is 516 g/mol. The van der Waals surface area contributed by atoms with E-state index in [0.717, 1.165) is 23.1 Å². The Bertz CT molecular complexity index is 1180. The Morgan fingerprint density at radius 2 is 1.90 bits per heavy atom. The summed E-state index contributed by atoms with van der Waals surface area (Å²) in [4.78, 5) is 24.0. The number of rotatable bonds is 12. The van der Waals surface area contributed by atoms with E-state index in [0.29, 0.717) is 5.92 Å². The van der Waals surface area contributed by atoms with Gasteiger partial charge in [-0.25, -0.2) is 9.49 Å². The average Bonchev–Trinajstić information content (AvgIpc) is 3.36. The molecule has 0 aliphatic heterocycles. The first-order chi connectivity index (χ1) is 17.9. The molecule has 1 aliphatic rings. The van der Waals surface area contributed by atoms with Crippen molar-refractivity contribution in [2.75, 3.05) is 6.54 Å². The predicted octanol–water partition coefficient (Wildman–Crippen LogP) is -0.866. The van der Waals surface area contributed by atoms with Crippen LogP contribution in [0, 0.1) is 17.2 Å². The maximum atomic E-state index is 13.6. The minimum absolute atomic E-state index is 0. The van der Waals surface area contributed by atoms with Crippen LogP contribution in [0.25, 0.3) is 5.57 Å². The third-order valence-corrected chi connectivity index (χ3v) is 7.41. The van der Waals surface area contributed by atoms with E-state index in [1.54, 1.807) is 12.1 Å². The summed E-state index contributed by atoms with van der Waals surface area (Å²) >= 11 is 0. The molecule has 9 nitrogen and oxygen atoms in total. The summed E-state index contributed by atoms with van der Waals surface area (Å²) in [6.45, 7) is 8.77. The van der Waals surface area contributed by atoms with E-state index < -0.39 is 36.6 Å². The Balaban J connectivity index is 0.00000533. The van der Waals surface area contributed by atoms with E-state index in [1.807, 2.05) is 0 Å². The minimum atomic E-state index is -1.76. The molecule has 0 saturated heterocycles. The number of hydrogen-bond acceptors (Lipinski definition) is 7. The zero-order valence-corrected chi connectivity index (χ0v) is 25.0. The third kappa shape index (κ3) is 8.49. The first-order valence-electron chi connectivity index (χ1n) is 12.6. The molecule has 1 amide bonds. The van der Waals surface area contributed by atoms with Gasteiger partial charge in [0.15, 0.2) is 6.10 Å². The second-order valence-electron chi connectivity index (χ2n) is 10.3. The van der Waals surface area contributed by atoms with E-state index in [1.165, 1.54) is 30.0 Å². The maximum Gasteiger partial charge on any atom is 1.00 e. The van der Waals surface area contributed by atoms with Gasteiger partial charge in [0.05, 0.1) is 30.8 Å². The first-order valence-corrected chi connectivity index (χ1v) is 12.6. The van der Waals surface area contributed by atoms with Gasteiger partial charge in [-0.1, -0.05) is 44.6 Å². The summed E-state index contributed by atoms with van der Waals surface area (Å²) < 4.78 is 18.7. The van der Waals surface area contributed by atoms with Gasteiger partial charge < -0.3 is 30.2 Å². The first kappa shape index (κ1) is 32.7. The number of nitrogens with one attached hydrogen (secondary N) is 2. The number of amides is 1. The van der Waals surface area contributed by atoms with Crippen molar-refractivity contribution >= 4 is 17.4 Å². The molecule has 1 heterocycles. The molecule has 0 bridgehead atoms. The summed E-state index contributed by atoms with van der Waals surface area (Å²) in [6, 6.07) is 7.65. The van der Waals surface area contributed by atoms with Crippen molar-refractivity contribution in [3.63, 3.8) is 0 Å². The standard InChI is InChI=1S/C28H36FN3O6.Na/c1-16(2)28(4)14-22(18-5-7-20(29)8-6-18)19(11-17(28)3)15-30-24(35)13-21(33)12-23(34)26(27(36)37)38-25-9-10-31-32-25;/h5-11,16,21,23,26,33-34H,12-15H2,1-4H3,(H,30,35)(H,31,32)(H,36,37);/q;+1/p-1/t21-,23+,26?,28?;/m0./s1. The number of aromatic nitrogens is 2. The van der Waals surface area contributed by atoms with Crippen LogP contribution in [-0.4, -0.2) is 57.1 Å². The number of aliphatic hydroxyl groups is 2. The Kier molecular flexibility index (Phi) is 11.9. The molecule has 4 N–H and O–H groups in total. The van der Waals surface area contributed by atoms with E-state index in [-0.39, 0.29) is 59.6 Å². The molecule has 3 rings (SSSR count). The monoisotopic (exact) mass is 551 g/mol. The number of aromatic amines is 1. The summed E-state index contributed by atoms with van der Waals surface area (Å²) in [5, 5.41) is 40.9. The van der Waals surface area contributed by atoms with Crippen molar-refractivity contribution in [1.82, 2.24) is 15.5 Å². The number of H-pyrrole nitrogens is 1. The molecule has 0 fully saturated rings. The number of carbonyl (C=O) groups is 2. The van der Waals surface area contributed by atoms with Crippen molar-refractivity contribution < 1.29 is 63.6 Å². The van der Waals surface area contributed by atoms with Crippen molar-refractivity contribution in [2.24, 2.45) is 11.3 Å². The number of nitrogens with zero attached hydrogens (tertiary/aromatic N) is 1. The predicted molar refractivity (Wildman–Crippen MR) is 137 cm³/mol. The normalized spacial score (nSPS) is 19.5. The Labute approximate surface area is 249 Å². The minimum Gasteiger partial charge on any atom is -0.546 e. The van der Waals surface area contributed by atoms with Crippen LogP contribution in [0.3, 0.4) is 0 Å². The smallest absolute Gasteiger partial charge is 0.546 e. The van der Waals surface area contributed by atoms with Crippen molar-refractivity contribution in [3.05, 3.63) is 65.1 Å². The number of ether oxygens (including phenoxy) is 1. The topological polar surface area (TPSA) is 148 Å². The van der Waals surface area contributed by atoms with E-state index in [4.69, 9.17) is 4.74 Å². The molecule has 0 radical (unpaired) electrons. The number of carboxylic acid groups (broad SMARTS) is 1.